The Bertz CT molecular complexity index is 302. The summed E-state index contributed by atoms with van der Waals surface area (Å²) in [5, 5.41) is 10.9. The number of hydrogen-bond donors (Lipinski definition) is 2. The first-order chi connectivity index (χ1) is 8.18. The summed E-state index contributed by atoms with van der Waals surface area (Å²) in [5.74, 6) is -0.174. The summed E-state index contributed by atoms with van der Waals surface area (Å²) in [7, 11) is 0. The van der Waals surface area contributed by atoms with E-state index in [2.05, 4.69) is 5.43 Å². The van der Waals surface area contributed by atoms with Crippen LogP contribution in [-0.2, 0) is 4.79 Å². The van der Waals surface area contributed by atoms with Gasteiger partial charge in [-0.3, -0.25) is 15.1 Å². The van der Waals surface area contributed by atoms with Crippen molar-refractivity contribution in [2.75, 3.05) is 19.6 Å². The molecule has 96 valence electrons. The van der Waals surface area contributed by atoms with Gasteiger partial charge in [0.2, 0.25) is 0 Å². The van der Waals surface area contributed by atoms with Gasteiger partial charge in [-0.2, -0.15) is 0 Å². The van der Waals surface area contributed by atoms with Gasteiger partial charge in [-0.25, -0.2) is 9.80 Å². The van der Waals surface area contributed by atoms with Crippen molar-refractivity contribution in [3.8, 4) is 0 Å². The van der Waals surface area contributed by atoms with Crippen LogP contribution in [0.25, 0.3) is 0 Å². The van der Waals surface area contributed by atoms with Gasteiger partial charge < -0.3 is 5.11 Å². The Labute approximate surface area is 101 Å². The van der Waals surface area contributed by atoms with Crippen LogP contribution in [0.5, 0.6) is 0 Å². The first kappa shape index (κ1) is 12.2. The number of rotatable bonds is 2. The van der Waals surface area contributed by atoms with Gasteiger partial charge in [-0.1, -0.05) is 6.42 Å². The van der Waals surface area contributed by atoms with E-state index in [1.165, 1.54) is 11.3 Å². The lowest BCUT2D eigenvalue weighted by Crippen LogP contribution is -2.52. The summed E-state index contributed by atoms with van der Waals surface area (Å²) in [4.78, 5) is 24.1. The van der Waals surface area contributed by atoms with Crippen molar-refractivity contribution in [2.24, 2.45) is 0 Å². The predicted octanol–water partition coefficient (Wildman–Crippen LogP) is 0.646. The summed E-state index contributed by atoms with van der Waals surface area (Å²) >= 11 is 0. The Morgan fingerprint density at radius 2 is 1.76 bits per heavy atom. The molecular formula is C11H19N3O3. The van der Waals surface area contributed by atoms with E-state index in [1.54, 1.807) is 0 Å². The number of likely N-dealkylation sites (tertiary alicyclic amines) is 1. The quantitative estimate of drug-likeness (QED) is 0.744. The average molecular weight is 241 g/mol. The lowest BCUT2D eigenvalue weighted by Gasteiger charge is -2.29. The van der Waals surface area contributed by atoms with Crippen molar-refractivity contribution in [3.05, 3.63) is 0 Å². The molecule has 0 aliphatic carbocycles. The zero-order valence-corrected chi connectivity index (χ0v) is 9.89. The van der Waals surface area contributed by atoms with Crippen molar-refractivity contribution in [1.82, 2.24) is 15.3 Å². The molecule has 0 aromatic heterocycles. The molecule has 1 atom stereocenters. The Kier molecular flexibility index (Phi) is 3.83. The fourth-order valence-electron chi connectivity index (χ4n) is 2.50. The standard InChI is InChI=1S/C11H19N3O3/c15-10(12-13-6-2-1-3-7-13)9-5-4-8-14(9)11(16)17/h9H,1-8H2,(H,12,15)(H,16,17)/t9-/m0/s1. The highest BCUT2D eigenvalue weighted by Gasteiger charge is 2.34. The van der Waals surface area contributed by atoms with Gasteiger partial charge in [0, 0.05) is 19.6 Å². The minimum Gasteiger partial charge on any atom is -0.465 e. The fourth-order valence-corrected chi connectivity index (χ4v) is 2.50. The summed E-state index contributed by atoms with van der Waals surface area (Å²) in [5.41, 5.74) is 2.84. The lowest BCUT2D eigenvalue weighted by atomic mass is 10.1. The van der Waals surface area contributed by atoms with Crippen LogP contribution in [0.1, 0.15) is 32.1 Å². The number of carbonyl (C=O) groups excluding carboxylic acids is 1. The van der Waals surface area contributed by atoms with Crippen LogP contribution in [0.4, 0.5) is 4.79 Å². The van der Waals surface area contributed by atoms with E-state index < -0.39 is 12.1 Å². The van der Waals surface area contributed by atoms with Crippen LogP contribution in [-0.4, -0.2) is 52.7 Å². The minimum atomic E-state index is -0.999. The molecule has 2 saturated heterocycles. The normalized spacial score (nSPS) is 25.9. The number of nitrogens with one attached hydrogen (secondary N) is 1. The fraction of sp³-hybridized carbons (Fsp3) is 0.818. The predicted molar refractivity (Wildman–Crippen MR) is 61.3 cm³/mol. The average Bonchev–Trinajstić information content (AvgIpc) is 2.79. The smallest absolute Gasteiger partial charge is 0.407 e. The molecule has 0 aromatic rings. The lowest BCUT2D eigenvalue weighted by molar-refractivity contribution is -0.130. The molecule has 6 nitrogen and oxygen atoms in total. The molecule has 2 N–H and O–H groups in total. The molecule has 0 bridgehead atoms. The summed E-state index contributed by atoms with van der Waals surface area (Å²) < 4.78 is 0. The third-order valence-corrected chi connectivity index (χ3v) is 3.43. The number of hydrogen-bond acceptors (Lipinski definition) is 3. The minimum absolute atomic E-state index is 0.174. The van der Waals surface area contributed by atoms with Crippen LogP contribution in [0.15, 0.2) is 0 Å². The highest BCUT2D eigenvalue weighted by Crippen LogP contribution is 2.17. The number of piperidine rings is 1. The van der Waals surface area contributed by atoms with E-state index in [1.807, 2.05) is 5.01 Å². The van der Waals surface area contributed by atoms with Crippen LogP contribution in [0, 0.1) is 0 Å². The molecule has 0 radical (unpaired) electrons. The molecule has 0 spiro atoms. The number of carbonyl (C=O) groups is 2. The van der Waals surface area contributed by atoms with E-state index in [0.29, 0.717) is 13.0 Å². The zero-order valence-electron chi connectivity index (χ0n) is 9.89. The van der Waals surface area contributed by atoms with Crippen LogP contribution < -0.4 is 5.43 Å². The molecule has 2 fully saturated rings. The Morgan fingerprint density at radius 3 is 2.41 bits per heavy atom. The summed E-state index contributed by atoms with van der Waals surface area (Å²) in [6, 6.07) is -0.505. The third kappa shape index (κ3) is 2.88. The van der Waals surface area contributed by atoms with Gasteiger partial charge in [-0.05, 0) is 25.7 Å². The largest absolute Gasteiger partial charge is 0.465 e. The molecule has 6 heteroatoms. The molecule has 0 unspecified atom stereocenters. The summed E-state index contributed by atoms with van der Waals surface area (Å²) in [6.45, 7) is 2.20. The molecular weight excluding hydrogens is 222 g/mol. The van der Waals surface area contributed by atoms with Gasteiger partial charge >= 0.3 is 6.09 Å². The van der Waals surface area contributed by atoms with Gasteiger partial charge in [0.05, 0.1) is 0 Å². The second-order valence-corrected chi connectivity index (χ2v) is 4.66. The van der Waals surface area contributed by atoms with E-state index in [9.17, 15) is 9.59 Å². The zero-order chi connectivity index (χ0) is 12.3. The molecule has 2 amide bonds. The number of amides is 2. The van der Waals surface area contributed by atoms with E-state index in [4.69, 9.17) is 5.11 Å². The molecule has 0 saturated carbocycles. The first-order valence-electron chi connectivity index (χ1n) is 6.23. The molecule has 2 heterocycles. The maximum absolute atomic E-state index is 12.0. The third-order valence-electron chi connectivity index (χ3n) is 3.43. The van der Waals surface area contributed by atoms with Crippen molar-refractivity contribution in [3.63, 3.8) is 0 Å². The van der Waals surface area contributed by atoms with Crippen LogP contribution in [0.3, 0.4) is 0 Å². The molecule has 2 aliphatic rings. The molecule has 2 aliphatic heterocycles. The van der Waals surface area contributed by atoms with Gasteiger partial charge in [0.15, 0.2) is 0 Å². The summed E-state index contributed by atoms with van der Waals surface area (Å²) in [6.07, 6.45) is 3.79. The highest BCUT2D eigenvalue weighted by molar-refractivity contribution is 5.85. The van der Waals surface area contributed by atoms with Gasteiger partial charge in [0.1, 0.15) is 6.04 Å². The first-order valence-corrected chi connectivity index (χ1v) is 6.23. The maximum Gasteiger partial charge on any atom is 0.407 e. The van der Waals surface area contributed by atoms with Gasteiger partial charge in [-0.15, -0.1) is 0 Å². The van der Waals surface area contributed by atoms with E-state index in [-0.39, 0.29) is 5.91 Å². The molecule has 0 aromatic carbocycles. The second-order valence-electron chi connectivity index (χ2n) is 4.66. The number of nitrogens with zero attached hydrogens (tertiary/aromatic N) is 2. The van der Waals surface area contributed by atoms with Crippen molar-refractivity contribution in [1.29, 1.82) is 0 Å². The monoisotopic (exact) mass is 241 g/mol. The van der Waals surface area contributed by atoms with Crippen molar-refractivity contribution >= 4 is 12.0 Å². The van der Waals surface area contributed by atoms with Gasteiger partial charge in [0.25, 0.3) is 5.91 Å². The van der Waals surface area contributed by atoms with E-state index in [0.717, 1.165) is 32.4 Å². The molecule has 17 heavy (non-hydrogen) atoms. The van der Waals surface area contributed by atoms with E-state index >= 15 is 0 Å². The Balaban J connectivity index is 1.88. The highest BCUT2D eigenvalue weighted by atomic mass is 16.4. The number of carboxylic acid groups (broad SMARTS) is 1. The number of hydrazine groups is 1. The maximum atomic E-state index is 12.0. The SMILES string of the molecule is O=C(NN1CCCCC1)[C@@H]1CCCN1C(=O)O. The second kappa shape index (κ2) is 5.35. The van der Waals surface area contributed by atoms with Crippen molar-refractivity contribution in [2.45, 2.75) is 38.1 Å². The topological polar surface area (TPSA) is 72.9 Å². The Hall–Kier alpha value is -1.30. The van der Waals surface area contributed by atoms with Crippen LogP contribution in [0.2, 0.25) is 0 Å². The Morgan fingerprint density at radius 1 is 1.06 bits per heavy atom. The van der Waals surface area contributed by atoms with Crippen LogP contribution >= 0.6 is 0 Å². The van der Waals surface area contributed by atoms with Crippen molar-refractivity contribution < 1.29 is 14.7 Å². The molecule has 2 rings (SSSR count).